The summed E-state index contributed by atoms with van der Waals surface area (Å²) in [5.41, 5.74) is 0. The van der Waals surface area contributed by atoms with Gasteiger partial charge in [0.1, 0.15) is 0 Å². The monoisotopic (exact) mass is 305 g/mol. The Balaban J connectivity index is 1.61. The highest BCUT2D eigenvalue weighted by molar-refractivity contribution is 7.09. The molecule has 0 radical (unpaired) electrons. The Labute approximate surface area is 130 Å². The van der Waals surface area contributed by atoms with Gasteiger partial charge in [0.2, 0.25) is 5.91 Å². The third-order valence-corrected chi connectivity index (χ3v) is 5.14. The number of amides is 1. The molecule has 1 aromatic heterocycles. The predicted octanol–water partition coefficient (Wildman–Crippen LogP) is 3.61. The molecule has 2 aliphatic rings. The molecular weight excluding hydrogens is 282 g/mol. The van der Waals surface area contributed by atoms with E-state index in [1.807, 2.05) is 4.90 Å². The Bertz CT molecular complexity index is 477. The van der Waals surface area contributed by atoms with E-state index in [1.54, 1.807) is 11.3 Å². The van der Waals surface area contributed by atoms with Gasteiger partial charge in [-0.05, 0) is 43.0 Å². The lowest BCUT2D eigenvalue weighted by molar-refractivity contribution is -0.134. The van der Waals surface area contributed by atoms with Crippen molar-refractivity contribution < 1.29 is 9.53 Å². The number of thiophene rings is 1. The summed E-state index contributed by atoms with van der Waals surface area (Å²) in [5, 5.41) is 2.07. The molecule has 114 valence electrons. The number of allylic oxidation sites excluding steroid dienone is 2. The summed E-state index contributed by atoms with van der Waals surface area (Å²) in [6.07, 6.45) is 9.72. The second kappa shape index (κ2) is 7.23. The van der Waals surface area contributed by atoms with Crippen LogP contribution in [0, 0.1) is 5.92 Å². The van der Waals surface area contributed by atoms with Gasteiger partial charge >= 0.3 is 0 Å². The van der Waals surface area contributed by atoms with E-state index in [9.17, 15) is 4.79 Å². The lowest BCUT2D eigenvalue weighted by Gasteiger charge is -2.26. The van der Waals surface area contributed by atoms with Gasteiger partial charge in [-0.2, -0.15) is 0 Å². The average Bonchev–Trinajstić information content (AvgIpc) is 3.21. The fourth-order valence-electron chi connectivity index (χ4n) is 3.10. The first kappa shape index (κ1) is 14.8. The Hall–Kier alpha value is -1.13. The normalized spacial score (nSPS) is 24.6. The molecule has 0 bridgehead atoms. The van der Waals surface area contributed by atoms with Gasteiger partial charge in [0, 0.05) is 24.4 Å². The van der Waals surface area contributed by atoms with Crippen molar-refractivity contribution in [1.29, 1.82) is 0 Å². The minimum atomic E-state index is 0.230. The molecule has 1 aliphatic carbocycles. The molecule has 1 aromatic rings. The number of hydrogen-bond donors (Lipinski definition) is 0. The van der Waals surface area contributed by atoms with Gasteiger partial charge in [0.25, 0.3) is 0 Å². The lowest BCUT2D eigenvalue weighted by atomic mass is 10.0. The van der Waals surface area contributed by atoms with Crippen molar-refractivity contribution in [3.63, 3.8) is 0 Å². The van der Waals surface area contributed by atoms with E-state index in [-0.39, 0.29) is 12.0 Å². The van der Waals surface area contributed by atoms with E-state index >= 15 is 0 Å². The molecule has 1 aliphatic heterocycles. The first-order valence-corrected chi connectivity index (χ1v) is 8.77. The maximum absolute atomic E-state index is 12.7. The molecule has 0 N–H and O–H groups in total. The van der Waals surface area contributed by atoms with Crippen LogP contribution in [-0.4, -0.2) is 30.1 Å². The number of rotatable bonds is 6. The number of carbonyl (C=O) groups excluding carboxylic acids is 1. The van der Waals surface area contributed by atoms with Crippen LogP contribution >= 0.6 is 11.3 Å². The van der Waals surface area contributed by atoms with Crippen LogP contribution in [0.15, 0.2) is 29.7 Å². The SMILES string of the molecule is O=C(CC1C=CCC1)N(Cc1cccs1)CC1CCCO1. The lowest BCUT2D eigenvalue weighted by Crippen LogP contribution is -2.37. The van der Waals surface area contributed by atoms with Crippen LogP contribution in [0.5, 0.6) is 0 Å². The van der Waals surface area contributed by atoms with E-state index in [0.717, 1.165) is 45.4 Å². The fraction of sp³-hybridized carbons (Fsp3) is 0.588. The van der Waals surface area contributed by atoms with Gasteiger partial charge in [-0.25, -0.2) is 0 Å². The van der Waals surface area contributed by atoms with Crippen molar-refractivity contribution >= 4 is 17.2 Å². The summed E-state index contributed by atoms with van der Waals surface area (Å²) in [6.45, 7) is 2.32. The number of nitrogens with zero attached hydrogens (tertiary/aromatic N) is 1. The number of hydrogen-bond acceptors (Lipinski definition) is 3. The molecule has 1 fully saturated rings. The second-order valence-corrected chi connectivity index (χ2v) is 6.99. The van der Waals surface area contributed by atoms with Crippen LogP contribution in [0.3, 0.4) is 0 Å². The van der Waals surface area contributed by atoms with Crippen molar-refractivity contribution in [2.45, 2.75) is 44.8 Å². The smallest absolute Gasteiger partial charge is 0.223 e. The Kier molecular flexibility index (Phi) is 5.09. The van der Waals surface area contributed by atoms with Crippen LogP contribution in [0.4, 0.5) is 0 Å². The van der Waals surface area contributed by atoms with E-state index in [4.69, 9.17) is 4.74 Å². The van der Waals surface area contributed by atoms with E-state index in [1.165, 1.54) is 4.88 Å². The molecule has 2 atom stereocenters. The van der Waals surface area contributed by atoms with E-state index in [2.05, 4.69) is 29.7 Å². The first-order valence-electron chi connectivity index (χ1n) is 7.89. The zero-order chi connectivity index (χ0) is 14.5. The van der Waals surface area contributed by atoms with Crippen LogP contribution in [0.25, 0.3) is 0 Å². The van der Waals surface area contributed by atoms with Crippen molar-refractivity contribution in [2.24, 2.45) is 5.92 Å². The topological polar surface area (TPSA) is 29.5 Å². The zero-order valence-electron chi connectivity index (χ0n) is 12.4. The first-order chi connectivity index (χ1) is 10.3. The zero-order valence-corrected chi connectivity index (χ0v) is 13.2. The summed E-state index contributed by atoms with van der Waals surface area (Å²) < 4.78 is 5.72. The van der Waals surface area contributed by atoms with Gasteiger partial charge in [-0.1, -0.05) is 18.2 Å². The minimum Gasteiger partial charge on any atom is -0.376 e. The average molecular weight is 305 g/mol. The highest BCUT2D eigenvalue weighted by Crippen LogP contribution is 2.23. The van der Waals surface area contributed by atoms with E-state index in [0.29, 0.717) is 12.3 Å². The number of carbonyl (C=O) groups is 1. The van der Waals surface area contributed by atoms with E-state index < -0.39 is 0 Å². The van der Waals surface area contributed by atoms with Gasteiger partial charge in [-0.3, -0.25) is 4.79 Å². The summed E-state index contributed by atoms with van der Waals surface area (Å²) >= 11 is 1.72. The molecule has 0 spiro atoms. The summed E-state index contributed by atoms with van der Waals surface area (Å²) in [6, 6.07) is 4.16. The van der Waals surface area contributed by atoms with Gasteiger partial charge in [0.15, 0.2) is 0 Å². The molecule has 1 amide bonds. The molecule has 3 rings (SSSR count). The summed E-state index contributed by atoms with van der Waals surface area (Å²) in [5.74, 6) is 0.711. The minimum absolute atomic E-state index is 0.230. The molecule has 2 heterocycles. The molecule has 2 unspecified atom stereocenters. The van der Waals surface area contributed by atoms with Crippen molar-refractivity contribution in [2.75, 3.05) is 13.2 Å². The van der Waals surface area contributed by atoms with Crippen molar-refractivity contribution in [1.82, 2.24) is 4.90 Å². The van der Waals surface area contributed by atoms with Crippen LogP contribution in [0.1, 0.15) is 37.0 Å². The third kappa shape index (κ3) is 4.17. The maximum atomic E-state index is 12.7. The van der Waals surface area contributed by atoms with Gasteiger partial charge in [-0.15, -0.1) is 11.3 Å². The van der Waals surface area contributed by atoms with Crippen molar-refractivity contribution in [3.05, 3.63) is 34.5 Å². The Morgan fingerprint density at radius 2 is 2.38 bits per heavy atom. The quantitative estimate of drug-likeness (QED) is 0.751. The second-order valence-electron chi connectivity index (χ2n) is 5.96. The summed E-state index contributed by atoms with van der Waals surface area (Å²) in [4.78, 5) is 15.9. The fourth-order valence-corrected chi connectivity index (χ4v) is 3.82. The Morgan fingerprint density at radius 1 is 1.43 bits per heavy atom. The summed E-state index contributed by atoms with van der Waals surface area (Å²) in [7, 11) is 0. The highest BCUT2D eigenvalue weighted by atomic mass is 32.1. The molecule has 4 heteroatoms. The maximum Gasteiger partial charge on any atom is 0.223 e. The van der Waals surface area contributed by atoms with Crippen LogP contribution in [0.2, 0.25) is 0 Å². The standard InChI is InChI=1S/C17H23NO2S/c19-17(11-14-5-1-2-6-14)18(12-15-7-3-9-20-15)13-16-8-4-10-21-16/h1,4-5,8,10,14-15H,2-3,6-7,9,11-13H2. The third-order valence-electron chi connectivity index (χ3n) is 4.28. The predicted molar refractivity (Wildman–Crippen MR) is 85.2 cm³/mol. The Morgan fingerprint density at radius 3 is 3.05 bits per heavy atom. The highest BCUT2D eigenvalue weighted by Gasteiger charge is 2.24. The molecule has 0 aromatic carbocycles. The largest absolute Gasteiger partial charge is 0.376 e. The molecule has 3 nitrogen and oxygen atoms in total. The van der Waals surface area contributed by atoms with Crippen molar-refractivity contribution in [3.8, 4) is 0 Å². The number of ether oxygens (including phenoxy) is 1. The molecule has 1 saturated heterocycles. The van der Waals surface area contributed by atoms with Gasteiger partial charge in [0.05, 0.1) is 12.6 Å². The molecule has 21 heavy (non-hydrogen) atoms. The van der Waals surface area contributed by atoms with Gasteiger partial charge < -0.3 is 9.64 Å². The molecule has 0 saturated carbocycles. The molecular formula is C17H23NO2S. The van der Waals surface area contributed by atoms with Crippen LogP contribution in [-0.2, 0) is 16.1 Å². The van der Waals surface area contributed by atoms with Crippen LogP contribution < -0.4 is 0 Å².